The molecule has 1 aliphatic heterocycles. The van der Waals surface area contributed by atoms with Gasteiger partial charge in [-0.3, -0.25) is 9.69 Å². The zero-order valence-electron chi connectivity index (χ0n) is 9.57. The fraction of sp³-hybridized carbons (Fsp3) is 0.909. The van der Waals surface area contributed by atoms with Crippen LogP contribution in [-0.2, 0) is 4.79 Å². The molecule has 0 aromatic heterocycles. The zero-order valence-corrected chi connectivity index (χ0v) is 9.57. The summed E-state index contributed by atoms with van der Waals surface area (Å²) in [5, 5.41) is 19.2. The Balaban J connectivity index is 2.60. The largest absolute Gasteiger partial charge is 0.480 e. The standard InChI is InChI=1S/C11H21NO3/c1-3-11(15,4-2)8-12-7-5-6-9(12)10(13)14/h9,15H,3-8H2,1-2H3,(H,13,14). The molecule has 1 atom stereocenters. The van der Waals surface area contributed by atoms with E-state index in [9.17, 15) is 9.90 Å². The Morgan fingerprint density at radius 1 is 1.47 bits per heavy atom. The van der Waals surface area contributed by atoms with Gasteiger partial charge in [-0.2, -0.15) is 0 Å². The van der Waals surface area contributed by atoms with Crippen molar-refractivity contribution in [3.05, 3.63) is 0 Å². The topological polar surface area (TPSA) is 60.8 Å². The van der Waals surface area contributed by atoms with E-state index in [1.54, 1.807) is 0 Å². The third-order valence-electron chi connectivity index (χ3n) is 3.46. The maximum Gasteiger partial charge on any atom is 0.320 e. The third kappa shape index (κ3) is 2.92. The average molecular weight is 215 g/mol. The number of likely N-dealkylation sites (tertiary alicyclic amines) is 1. The van der Waals surface area contributed by atoms with Gasteiger partial charge in [0.25, 0.3) is 0 Å². The summed E-state index contributed by atoms with van der Waals surface area (Å²) in [4.78, 5) is 12.8. The molecule has 1 saturated heterocycles. The van der Waals surface area contributed by atoms with Crippen molar-refractivity contribution in [1.82, 2.24) is 4.90 Å². The first kappa shape index (κ1) is 12.5. The molecule has 88 valence electrons. The van der Waals surface area contributed by atoms with E-state index in [4.69, 9.17) is 5.11 Å². The lowest BCUT2D eigenvalue weighted by atomic mass is 9.96. The molecule has 0 bridgehead atoms. The number of aliphatic carboxylic acids is 1. The lowest BCUT2D eigenvalue weighted by Crippen LogP contribution is -2.46. The molecular weight excluding hydrogens is 194 g/mol. The van der Waals surface area contributed by atoms with Crippen LogP contribution in [0.4, 0.5) is 0 Å². The second-order valence-electron chi connectivity index (χ2n) is 4.40. The van der Waals surface area contributed by atoms with E-state index in [0.717, 1.165) is 13.0 Å². The van der Waals surface area contributed by atoms with E-state index in [2.05, 4.69) is 0 Å². The van der Waals surface area contributed by atoms with Crippen LogP contribution in [0.2, 0.25) is 0 Å². The molecule has 0 spiro atoms. The number of nitrogens with zero attached hydrogens (tertiary/aromatic N) is 1. The van der Waals surface area contributed by atoms with Gasteiger partial charge in [0.2, 0.25) is 0 Å². The van der Waals surface area contributed by atoms with Crippen molar-refractivity contribution in [2.75, 3.05) is 13.1 Å². The molecule has 0 aromatic rings. The number of hydrogen-bond donors (Lipinski definition) is 2. The molecule has 0 saturated carbocycles. The summed E-state index contributed by atoms with van der Waals surface area (Å²) < 4.78 is 0. The summed E-state index contributed by atoms with van der Waals surface area (Å²) in [5.41, 5.74) is -0.724. The van der Waals surface area contributed by atoms with Crippen LogP contribution in [0.5, 0.6) is 0 Å². The molecule has 1 unspecified atom stereocenters. The molecule has 0 aliphatic carbocycles. The van der Waals surface area contributed by atoms with Crippen molar-refractivity contribution in [1.29, 1.82) is 0 Å². The quantitative estimate of drug-likeness (QED) is 0.720. The smallest absolute Gasteiger partial charge is 0.320 e. The van der Waals surface area contributed by atoms with Crippen LogP contribution in [0.15, 0.2) is 0 Å². The summed E-state index contributed by atoms with van der Waals surface area (Å²) in [6, 6.07) is -0.394. The highest BCUT2D eigenvalue weighted by molar-refractivity contribution is 5.73. The van der Waals surface area contributed by atoms with E-state index in [0.29, 0.717) is 25.8 Å². The van der Waals surface area contributed by atoms with Crippen LogP contribution in [0, 0.1) is 0 Å². The SMILES string of the molecule is CCC(O)(CC)CN1CCCC1C(=O)O. The number of rotatable bonds is 5. The van der Waals surface area contributed by atoms with Crippen molar-refractivity contribution in [2.45, 2.75) is 51.2 Å². The van der Waals surface area contributed by atoms with Crippen LogP contribution >= 0.6 is 0 Å². The summed E-state index contributed by atoms with van der Waals surface area (Å²) in [6.45, 7) is 5.15. The van der Waals surface area contributed by atoms with Crippen LogP contribution in [0.25, 0.3) is 0 Å². The Hall–Kier alpha value is -0.610. The first-order valence-corrected chi connectivity index (χ1v) is 5.71. The van der Waals surface area contributed by atoms with E-state index < -0.39 is 17.6 Å². The monoisotopic (exact) mass is 215 g/mol. The van der Waals surface area contributed by atoms with Crippen molar-refractivity contribution in [3.8, 4) is 0 Å². The van der Waals surface area contributed by atoms with Gasteiger partial charge in [-0.25, -0.2) is 0 Å². The lowest BCUT2D eigenvalue weighted by molar-refractivity contribution is -0.143. The predicted octanol–water partition coefficient (Wildman–Crippen LogP) is 1.09. The van der Waals surface area contributed by atoms with Crippen LogP contribution in [0.1, 0.15) is 39.5 Å². The van der Waals surface area contributed by atoms with Gasteiger partial charge in [0.05, 0.1) is 5.60 Å². The van der Waals surface area contributed by atoms with Gasteiger partial charge >= 0.3 is 5.97 Å². The van der Waals surface area contributed by atoms with Crippen molar-refractivity contribution in [3.63, 3.8) is 0 Å². The second-order valence-corrected chi connectivity index (χ2v) is 4.40. The fourth-order valence-corrected chi connectivity index (χ4v) is 2.15. The molecule has 1 fully saturated rings. The van der Waals surface area contributed by atoms with Gasteiger partial charge in [0.15, 0.2) is 0 Å². The van der Waals surface area contributed by atoms with Gasteiger partial charge < -0.3 is 10.2 Å². The molecule has 2 N–H and O–H groups in total. The molecule has 0 amide bonds. The Labute approximate surface area is 90.9 Å². The minimum Gasteiger partial charge on any atom is -0.480 e. The van der Waals surface area contributed by atoms with E-state index in [1.165, 1.54) is 0 Å². The molecular formula is C11H21NO3. The Morgan fingerprint density at radius 2 is 2.07 bits per heavy atom. The van der Waals surface area contributed by atoms with Crippen LogP contribution in [-0.4, -0.2) is 45.8 Å². The van der Waals surface area contributed by atoms with Gasteiger partial charge in [-0.15, -0.1) is 0 Å². The molecule has 1 heterocycles. The van der Waals surface area contributed by atoms with Crippen molar-refractivity contribution >= 4 is 5.97 Å². The van der Waals surface area contributed by atoms with Gasteiger partial charge in [-0.05, 0) is 32.2 Å². The number of carboxylic acids is 1. The minimum atomic E-state index is -0.762. The van der Waals surface area contributed by atoms with Gasteiger partial charge in [-0.1, -0.05) is 13.8 Å². The summed E-state index contributed by atoms with van der Waals surface area (Å²) in [7, 11) is 0. The number of hydrogen-bond acceptors (Lipinski definition) is 3. The maximum absolute atomic E-state index is 11.0. The summed E-state index contributed by atoms with van der Waals surface area (Å²) in [5.74, 6) is -0.762. The average Bonchev–Trinajstić information content (AvgIpc) is 2.65. The van der Waals surface area contributed by atoms with E-state index in [1.807, 2.05) is 18.7 Å². The number of aliphatic hydroxyl groups is 1. The van der Waals surface area contributed by atoms with Gasteiger partial charge in [0.1, 0.15) is 6.04 Å². The lowest BCUT2D eigenvalue weighted by Gasteiger charge is -2.32. The van der Waals surface area contributed by atoms with Crippen molar-refractivity contribution < 1.29 is 15.0 Å². The molecule has 4 heteroatoms. The highest BCUT2D eigenvalue weighted by Gasteiger charge is 2.35. The summed E-state index contributed by atoms with van der Waals surface area (Å²) >= 11 is 0. The Morgan fingerprint density at radius 3 is 2.53 bits per heavy atom. The first-order valence-electron chi connectivity index (χ1n) is 5.71. The summed E-state index contributed by atoms with van der Waals surface area (Å²) in [6.07, 6.45) is 2.97. The molecule has 0 radical (unpaired) electrons. The second kappa shape index (κ2) is 4.94. The molecule has 0 aromatic carbocycles. The Bertz CT molecular complexity index is 226. The molecule has 15 heavy (non-hydrogen) atoms. The zero-order chi connectivity index (χ0) is 11.5. The van der Waals surface area contributed by atoms with E-state index >= 15 is 0 Å². The third-order valence-corrected chi connectivity index (χ3v) is 3.46. The normalized spacial score (nSPS) is 23.3. The number of carboxylic acid groups (broad SMARTS) is 1. The highest BCUT2D eigenvalue weighted by atomic mass is 16.4. The van der Waals surface area contributed by atoms with Gasteiger partial charge in [0, 0.05) is 6.54 Å². The number of carbonyl (C=O) groups is 1. The number of β-amino-alcohol motifs (C(OH)–C–C–N with tert-alkyl or cyclic N) is 1. The van der Waals surface area contributed by atoms with Crippen molar-refractivity contribution in [2.24, 2.45) is 0 Å². The van der Waals surface area contributed by atoms with Crippen LogP contribution < -0.4 is 0 Å². The van der Waals surface area contributed by atoms with E-state index in [-0.39, 0.29) is 0 Å². The molecule has 1 aliphatic rings. The first-order chi connectivity index (χ1) is 7.02. The fourth-order valence-electron chi connectivity index (χ4n) is 2.15. The Kier molecular flexibility index (Phi) is 4.11. The minimum absolute atomic E-state index is 0.394. The molecule has 1 rings (SSSR count). The maximum atomic E-state index is 11.0. The molecule has 4 nitrogen and oxygen atoms in total. The highest BCUT2D eigenvalue weighted by Crippen LogP contribution is 2.23. The predicted molar refractivity (Wildman–Crippen MR) is 57.8 cm³/mol. The van der Waals surface area contributed by atoms with Crippen LogP contribution in [0.3, 0.4) is 0 Å².